The van der Waals surface area contributed by atoms with Gasteiger partial charge in [-0.15, -0.1) is 0 Å². The maximum atomic E-state index is 13.2. The third-order valence-corrected chi connectivity index (χ3v) is 11.6. The van der Waals surface area contributed by atoms with Crippen LogP contribution in [0.2, 0.25) is 0 Å². The highest BCUT2D eigenvalue weighted by Crippen LogP contribution is 2.59. The quantitative estimate of drug-likeness (QED) is 0.186. The molecule has 0 aliphatic heterocycles. The fourth-order valence-corrected chi connectivity index (χ4v) is 8.61. The van der Waals surface area contributed by atoms with E-state index in [-0.39, 0.29) is 27.1 Å². The number of rotatable bonds is 5. The van der Waals surface area contributed by atoms with Gasteiger partial charge in [0.25, 0.3) is 0 Å². The largest absolute Gasteiger partial charge is 0.533 e. The van der Waals surface area contributed by atoms with E-state index in [0.29, 0.717) is 16.8 Å². The van der Waals surface area contributed by atoms with Crippen LogP contribution in [0.1, 0.15) is 132 Å². The first-order valence-electron chi connectivity index (χ1n) is 18.1. The minimum Gasteiger partial charge on any atom is -0.273 e. The van der Waals surface area contributed by atoms with Gasteiger partial charge >= 0.3 is 7.94 Å². The Labute approximate surface area is 303 Å². The SMILES string of the molecule is CC(C)(C)c1ccc2cc(O[P+](O)(Oc3cc4ccc(C(C)(C)C)cc4cc3C(C)(C)C)c3ccccc3C(C)(C)C)c(C(C)(C)C)cc2c1. The van der Waals surface area contributed by atoms with Gasteiger partial charge in [-0.2, -0.15) is 4.89 Å². The zero-order chi connectivity index (χ0) is 37.2. The van der Waals surface area contributed by atoms with Gasteiger partial charge in [0.05, 0.1) is 0 Å². The van der Waals surface area contributed by atoms with Gasteiger partial charge in [0.1, 0.15) is 0 Å². The molecule has 0 aromatic heterocycles. The molecule has 3 nitrogen and oxygen atoms in total. The van der Waals surface area contributed by atoms with Crippen molar-refractivity contribution in [3.05, 3.63) is 113 Å². The average molecular weight is 692 g/mol. The van der Waals surface area contributed by atoms with Crippen LogP contribution in [0.3, 0.4) is 0 Å². The lowest BCUT2D eigenvalue weighted by molar-refractivity contribution is 0.352. The lowest BCUT2D eigenvalue weighted by Crippen LogP contribution is -2.30. The lowest BCUT2D eigenvalue weighted by Gasteiger charge is -2.29. The topological polar surface area (TPSA) is 38.7 Å². The molecule has 0 spiro atoms. The molecule has 5 rings (SSSR count). The van der Waals surface area contributed by atoms with E-state index in [1.54, 1.807) is 0 Å². The Morgan fingerprint density at radius 3 is 1.14 bits per heavy atom. The lowest BCUT2D eigenvalue weighted by atomic mass is 9.83. The third kappa shape index (κ3) is 7.90. The van der Waals surface area contributed by atoms with Crippen molar-refractivity contribution in [1.29, 1.82) is 0 Å². The van der Waals surface area contributed by atoms with E-state index in [1.807, 2.05) is 18.2 Å². The van der Waals surface area contributed by atoms with Crippen LogP contribution in [0.15, 0.2) is 84.9 Å². The summed E-state index contributed by atoms with van der Waals surface area (Å²) in [5.74, 6) is 1.28. The van der Waals surface area contributed by atoms with E-state index < -0.39 is 7.94 Å². The van der Waals surface area contributed by atoms with Crippen molar-refractivity contribution in [2.45, 2.75) is 131 Å². The smallest absolute Gasteiger partial charge is 0.273 e. The van der Waals surface area contributed by atoms with Crippen LogP contribution < -0.4 is 14.4 Å². The maximum Gasteiger partial charge on any atom is 0.533 e. The molecule has 0 bridgehead atoms. The zero-order valence-corrected chi connectivity index (χ0v) is 34.2. The van der Waals surface area contributed by atoms with Gasteiger partial charge in [-0.05, 0) is 90.1 Å². The Bertz CT molecular complexity index is 1920. The molecule has 0 fully saturated rings. The van der Waals surface area contributed by atoms with E-state index in [0.717, 1.165) is 38.2 Å². The molecule has 0 unspecified atom stereocenters. The summed E-state index contributed by atoms with van der Waals surface area (Å²) in [5.41, 5.74) is 4.87. The Hall–Kier alpha value is -3.39. The molecule has 0 aliphatic carbocycles. The molecule has 0 saturated heterocycles. The number of benzene rings is 5. The summed E-state index contributed by atoms with van der Waals surface area (Å²) < 4.78 is 14.2. The van der Waals surface area contributed by atoms with E-state index in [9.17, 15) is 4.89 Å². The summed E-state index contributed by atoms with van der Waals surface area (Å²) in [5, 5.41) is 5.14. The number of fused-ring (bicyclic) bond motifs is 2. The molecule has 266 valence electrons. The van der Waals surface area contributed by atoms with Gasteiger partial charge in [0.15, 0.2) is 11.5 Å². The fourth-order valence-electron chi connectivity index (χ4n) is 6.55. The fraction of sp³-hybridized carbons (Fsp3) is 0.435. The van der Waals surface area contributed by atoms with Crippen LogP contribution in [0, 0.1) is 0 Å². The Kier molecular flexibility index (Phi) is 9.60. The molecule has 4 heteroatoms. The highest BCUT2D eigenvalue weighted by Gasteiger charge is 2.52. The van der Waals surface area contributed by atoms with Crippen molar-refractivity contribution in [2.24, 2.45) is 0 Å². The summed E-state index contributed by atoms with van der Waals surface area (Å²) >= 11 is 0. The zero-order valence-electron chi connectivity index (χ0n) is 33.3. The standard InChI is InChI=1S/C46H60O3P/c1-42(2,3)34-22-20-30-28-39(37(45(10,11)12)26-32(30)24-34)48-50(47,41-19-17-16-18-36(41)44(7,8)9)49-40-29-31-21-23-35(43(4,5)6)25-33(31)27-38(40)46(13,14)15/h16-29,47H,1-15H3/q+1. The molecule has 0 heterocycles. The van der Waals surface area contributed by atoms with Crippen molar-refractivity contribution in [3.63, 3.8) is 0 Å². The average Bonchev–Trinajstić information content (AvgIpc) is 2.97. The highest BCUT2D eigenvalue weighted by molar-refractivity contribution is 7.69. The minimum atomic E-state index is -3.82. The van der Waals surface area contributed by atoms with Crippen molar-refractivity contribution >= 4 is 34.8 Å². The van der Waals surface area contributed by atoms with Crippen molar-refractivity contribution in [1.82, 2.24) is 0 Å². The van der Waals surface area contributed by atoms with Crippen LogP contribution in [-0.4, -0.2) is 4.89 Å². The van der Waals surface area contributed by atoms with Gasteiger partial charge in [0, 0.05) is 16.7 Å². The molecular weight excluding hydrogens is 631 g/mol. The summed E-state index contributed by atoms with van der Waals surface area (Å²) in [4.78, 5) is 13.2. The maximum absolute atomic E-state index is 13.2. The first-order valence-corrected chi connectivity index (χ1v) is 19.6. The van der Waals surface area contributed by atoms with Crippen molar-refractivity contribution in [3.8, 4) is 11.5 Å². The highest BCUT2D eigenvalue weighted by atomic mass is 31.2. The predicted octanol–water partition coefficient (Wildman–Crippen LogP) is 13.0. The summed E-state index contributed by atoms with van der Waals surface area (Å²) in [6.07, 6.45) is 0. The van der Waals surface area contributed by atoms with Gasteiger partial charge in [0.2, 0.25) is 5.30 Å². The normalized spacial score (nSPS) is 13.6. The van der Waals surface area contributed by atoms with Crippen LogP contribution >= 0.6 is 7.94 Å². The van der Waals surface area contributed by atoms with E-state index >= 15 is 0 Å². The molecule has 0 atom stereocenters. The monoisotopic (exact) mass is 691 g/mol. The van der Waals surface area contributed by atoms with E-state index in [4.69, 9.17) is 9.05 Å². The first kappa shape index (κ1) is 37.9. The molecule has 0 saturated carbocycles. The molecular formula is C46H60O3P+. The van der Waals surface area contributed by atoms with Crippen LogP contribution in [-0.2, 0) is 27.1 Å². The second-order valence-corrected chi connectivity index (χ2v) is 21.2. The van der Waals surface area contributed by atoms with E-state index in [2.05, 4.69) is 171 Å². The summed E-state index contributed by atoms with van der Waals surface area (Å²) in [7, 11) is -3.82. The molecule has 5 aromatic carbocycles. The van der Waals surface area contributed by atoms with Gasteiger partial charge < -0.3 is 0 Å². The minimum absolute atomic E-state index is 0.0283. The first-order chi connectivity index (χ1) is 22.8. The van der Waals surface area contributed by atoms with Crippen LogP contribution in [0.4, 0.5) is 0 Å². The molecule has 1 N–H and O–H groups in total. The second kappa shape index (κ2) is 12.7. The Morgan fingerprint density at radius 2 is 0.780 bits per heavy atom. The molecule has 0 radical (unpaired) electrons. The third-order valence-electron chi connectivity index (χ3n) is 9.69. The number of hydrogen-bond donors (Lipinski definition) is 1. The molecule has 5 aromatic rings. The Balaban J connectivity index is 1.77. The van der Waals surface area contributed by atoms with E-state index in [1.165, 1.54) is 11.1 Å². The van der Waals surface area contributed by atoms with Crippen LogP contribution in [0.5, 0.6) is 11.5 Å². The van der Waals surface area contributed by atoms with Crippen molar-refractivity contribution < 1.29 is 13.9 Å². The van der Waals surface area contributed by atoms with Crippen molar-refractivity contribution in [2.75, 3.05) is 0 Å². The van der Waals surface area contributed by atoms with Gasteiger partial charge in [-0.1, -0.05) is 158 Å². The van der Waals surface area contributed by atoms with Gasteiger partial charge in [-0.25, -0.2) is 0 Å². The molecule has 0 aliphatic rings. The summed E-state index contributed by atoms with van der Waals surface area (Å²) in [6.45, 7) is 33.2. The van der Waals surface area contributed by atoms with Crippen LogP contribution in [0.25, 0.3) is 21.5 Å². The molecule has 50 heavy (non-hydrogen) atoms. The number of hydrogen-bond acceptors (Lipinski definition) is 3. The summed E-state index contributed by atoms with van der Waals surface area (Å²) in [6, 6.07) is 30.1. The second-order valence-electron chi connectivity index (χ2n) is 19.3. The predicted molar refractivity (Wildman–Crippen MR) is 218 cm³/mol. The Morgan fingerprint density at radius 1 is 0.400 bits per heavy atom. The van der Waals surface area contributed by atoms with Gasteiger partial charge in [-0.3, -0.25) is 9.05 Å². The molecule has 0 amide bonds.